The number of ether oxygens (including phenoxy) is 2. The number of anilines is 1. The predicted molar refractivity (Wildman–Crippen MR) is 202 cm³/mol. The second-order valence-electron chi connectivity index (χ2n) is 11.4. The number of carbonyl (C=O) groups is 2. The molecule has 5 aromatic heterocycles. The summed E-state index contributed by atoms with van der Waals surface area (Å²) < 4.78 is 34.6. The lowest BCUT2D eigenvalue weighted by Crippen LogP contribution is -2.18. The van der Waals surface area contributed by atoms with Gasteiger partial charge in [-0.15, -0.1) is 11.3 Å². The van der Waals surface area contributed by atoms with Gasteiger partial charge in [-0.3, -0.25) is 19.6 Å². The number of nitrogens with zero attached hydrogens (tertiary/aromatic N) is 7. The van der Waals surface area contributed by atoms with Crippen molar-refractivity contribution in [3.05, 3.63) is 113 Å². The second-order valence-corrected chi connectivity index (χ2v) is 14.2. The number of nitrogens with one attached hydrogen (secondary N) is 3. The SMILES string of the molecule is CNC(=O)c1cc(Oc2ccc3nc(NC(C)c4nccs4)ncc3c2)ccn1.CNC(=O)c1cc(Oc2ccc3nc(S(C)(=O)=O)ncc3c2)ccn1. The summed E-state index contributed by atoms with van der Waals surface area (Å²) in [6.07, 6.45) is 9.01. The molecule has 1 atom stereocenters. The first kappa shape index (κ1) is 37.1. The van der Waals surface area contributed by atoms with Crippen LogP contribution in [0.3, 0.4) is 0 Å². The predicted octanol–water partition coefficient (Wildman–Crippen LogP) is 5.39. The van der Waals surface area contributed by atoms with Gasteiger partial charge in [-0.05, 0) is 55.5 Å². The molecule has 7 aromatic rings. The van der Waals surface area contributed by atoms with Gasteiger partial charge in [0.2, 0.25) is 20.9 Å². The zero-order chi connectivity index (χ0) is 38.2. The lowest BCUT2D eigenvalue weighted by Gasteiger charge is -2.12. The number of carbonyl (C=O) groups excluding carboxylic acids is 2. The van der Waals surface area contributed by atoms with Gasteiger partial charge in [0, 0.05) is 79.6 Å². The van der Waals surface area contributed by atoms with E-state index in [0.29, 0.717) is 45.5 Å². The molecular formula is C36H32N10O6S2. The molecule has 2 aromatic carbocycles. The number of aromatic nitrogens is 7. The molecule has 0 fully saturated rings. The summed E-state index contributed by atoms with van der Waals surface area (Å²) in [4.78, 5) is 52.5. The van der Waals surface area contributed by atoms with Crippen molar-refractivity contribution >= 4 is 60.7 Å². The molecule has 18 heteroatoms. The number of amides is 2. The maximum Gasteiger partial charge on any atom is 0.269 e. The molecule has 0 saturated carbocycles. The number of rotatable bonds is 10. The van der Waals surface area contributed by atoms with Crippen molar-refractivity contribution in [3.63, 3.8) is 0 Å². The average molecular weight is 765 g/mol. The highest BCUT2D eigenvalue weighted by Crippen LogP contribution is 2.27. The van der Waals surface area contributed by atoms with Gasteiger partial charge < -0.3 is 25.4 Å². The standard InChI is InChI=1S/C20H18N6O2S.C16H14N4O4S/c1-12(19-23-7-8-29-19)25-20-24-11-13-9-14(3-4-16(13)26-20)28-15-5-6-22-17(10-15)18(27)21-2;1-17-15(21)14-8-12(5-6-18-14)24-11-3-4-13-10(7-11)9-19-16(20-13)25(2,22)23/h3-12H,1-2H3,(H,21,27)(H,24,25,26);3-9H,1-2H3,(H,17,21). The molecule has 54 heavy (non-hydrogen) atoms. The van der Waals surface area contributed by atoms with E-state index in [-0.39, 0.29) is 28.7 Å². The molecule has 0 aliphatic rings. The molecule has 0 aliphatic heterocycles. The van der Waals surface area contributed by atoms with E-state index >= 15 is 0 Å². The van der Waals surface area contributed by atoms with Crippen LogP contribution in [0.2, 0.25) is 0 Å². The van der Waals surface area contributed by atoms with Crippen molar-refractivity contribution < 1.29 is 27.5 Å². The lowest BCUT2D eigenvalue weighted by molar-refractivity contribution is 0.0950. The Bertz CT molecular complexity index is 2570. The minimum atomic E-state index is -3.47. The number of hydrogen-bond donors (Lipinski definition) is 3. The van der Waals surface area contributed by atoms with Gasteiger partial charge in [0.1, 0.15) is 39.4 Å². The minimum Gasteiger partial charge on any atom is -0.457 e. The number of sulfone groups is 1. The van der Waals surface area contributed by atoms with Crippen LogP contribution in [0.15, 0.2) is 102 Å². The van der Waals surface area contributed by atoms with Gasteiger partial charge in [0.15, 0.2) is 0 Å². The summed E-state index contributed by atoms with van der Waals surface area (Å²) in [6, 6.07) is 17.0. The highest BCUT2D eigenvalue weighted by molar-refractivity contribution is 7.90. The van der Waals surface area contributed by atoms with E-state index in [0.717, 1.165) is 22.2 Å². The minimum absolute atomic E-state index is 0.0243. The molecule has 0 radical (unpaired) electrons. The summed E-state index contributed by atoms with van der Waals surface area (Å²) in [5.41, 5.74) is 1.81. The highest BCUT2D eigenvalue weighted by Gasteiger charge is 2.14. The number of fused-ring (bicyclic) bond motifs is 2. The molecule has 0 aliphatic carbocycles. The third-order valence-corrected chi connectivity index (χ3v) is 9.25. The average Bonchev–Trinajstić information content (AvgIpc) is 3.73. The van der Waals surface area contributed by atoms with Gasteiger partial charge in [-0.1, -0.05) is 0 Å². The van der Waals surface area contributed by atoms with Crippen LogP contribution in [0.1, 0.15) is 39.0 Å². The van der Waals surface area contributed by atoms with Crippen LogP contribution in [-0.2, 0) is 9.84 Å². The maximum absolute atomic E-state index is 11.7. The van der Waals surface area contributed by atoms with Crippen LogP contribution in [-0.4, -0.2) is 75.5 Å². The fourth-order valence-corrected chi connectivity index (χ4v) is 5.97. The molecule has 2 amide bonds. The van der Waals surface area contributed by atoms with E-state index in [4.69, 9.17) is 9.47 Å². The molecule has 1 unspecified atom stereocenters. The Morgan fingerprint density at radius 2 is 1.22 bits per heavy atom. The van der Waals surface area contributed by atoms with Crippen LogP contribution in [0.4, 0.5) is 5.95 Å². The van der Waals surface area contributed by atoms with Crippen molar-refractivity contribution in [1.82, 2.24) is 45.5 Å². The van der Waals surface area contributed by atoms with Crippen LogP contribution >= 0.6 is 11.3 Å². The molecule has 0 spiro atoms. The Morgan fingerprint density at radius 3 is 1.74 bits per heavy atom. The molecule has 16 nitrogen and oxygen atoms in total. The quantitative estimate of drug-likeness (QED) is 0.149. The molecule has 3 N–H and O–H groups in total. The van der Waals surface area contributed by atoms with E-state index in [9.17, 15) is 18.0 Å². The van der Waals surface area contributed by atoms with Crippen LogP contribution in [0.5, 0.6) is 23.0 Å². The topological polar surface area (TPSA) is 213 Å². The Morgan fingerprint density at radius 1 is 0.685 bits per heavy atom. The van der Waals surface area contributed by atoms with Crippen molar-refractivity contribution in [1.29, 1.82) is 0 Å². The lowest BCUT2D eigenvalue weighted by atomic mass is 10.2. The molecule has 0 saturated heterocycles. The molecule has 5 heterocycles. The van der Waals surface area contributed by atoms with Crippen molar-refractivity contribution in [2.24, 2.45) is 0 Å². The summed E-state index contributed by atoms with van der Waals surface area (Å²) in [6.45, 7) is 2.02. The summed E-state index contributed by atoms with van der Waals surface area (Å²) >= 11 is 1.59. The fourth-order valence-electron chi connectivity index (χ4n) is 4.81. The first-order chi connectivity index (χ1) is 26.0. The third-order valence-electron chi connectivity index (χ3n) is 7.43. The van der Waals surface area contributed by atoms with Crippen molar-refractivity contribution in [2.45, 2.75) is 18.1 Å². The molecule has 274 valence electrons. The van der Waals surface area contributed by atoms with E-state index < -0.39 is 9.84 Å². The zero-order valence-electron chi connectivity index (χ0n) is 29.2. The van der Waals surface area contributed by atoms with Gasteiger partial charge in [-0.2, -0.15) is 0 Å². The molecule has 7 rings (SSSR count). The Balaban J connectivity index is 0.000000186. The molecule has 0 bridgehead atoms. The Labute approximate surface area is 313 Å². The van der Waals surface area contributed by atoms with Crippen molar-refractivity contribution in [3.8, 4) is 23.0 Å². The van der Waals surface area contributed by atoms with Crippen LogP contribution in [0.25, 0.3) is 21.8 Å². The van der Waals surface area contributed by atoms with Gasteiger partial charge in [0.05, 0.1) is 17.1 Å². The van der Waals surface area contributed by atoms with E-state index in [1.54, 1.807) is 67.2 Å². The van der Waals surface area contributed by atoms with Gasteiger partial charge in [0.25, 0.3) is 11.8 Å². The maximum atomic E-state index is 11.7. The number of thiazole rings is 1. The summed E-state index contributed by atoms with van der Waals surface area (Å²) in [7, 11) is -0.390. The first-order valence-corrected chi connectivity index (χ1v) is 18.9. The highest BCUT2D eigenvalue weighted by atomic mass is 32.2. The Kier molecular flexibility index (Phi) is 11.2. The summed E-state index contributed by atoms with van der Waals surface area (Å²) in [5.74, 6) is 2.04. The Hall–Kier alpha value is -6.66. The van der Waals surface area contributed by atoms with Gasteiger partial charge in [-0.25, -0.2) is 33.3 Å². The first-order valence-electron chi connectivity index (χ1n) is 16.1. The number of pyridine rings is 2. The fraction of sp³-hybridized carbons (Fsp3) is 0.139. The van der Waals surface area contributed by atoms with E-state index in [1.807, 2.05) is 30.5 Å². The van der Waals surface area contributed by atoms with E-state index in [2.05, 4.69) is 50.8 Å². The number of hydrogen-bond acceptors (Lipinski definition) is 15. The largest absolute Gasteiger partial charge is 0.457 e. The number of benzene rings is 2. The van der Waals surface area contributed by atoms with Crippen LogP contribution < -0.4 is 25.4 Å². The smallest absolute Gasteiger partial charge is 0.269 e. The van der Waals surface area contributed by atoms with Crippen LogP contribution in [0, 0.1) is 0 Å². The normalized spacial score (nSPS) is 11.6. The van der Waals surface area contributed by atoms with E-state index in [1.165, 1.54) is 31.7 Å². The van der Waals surface area contributed by atoms with Crippen molar-refractivity contribution in [2.75, 3.05) is 25.7 Å². The summed E-state index contributed by atoms with van der Waals surface area (Å²) in [5, 5.41) is 12.5. The monoisotopic (exact) mass is 764 g/mol. The third kappa shape index (κ3) is 9.22. The molecular weight excluding hydrogens is 733 g/mol. The zero-order valence-corrected chi connectivity index (χ0v) is 30.8. The second kappa shape index (κ2) is 16.3. The van der Waals surface area contributed by atoms with Gasteiger partial charge >= 0.3 is 0 Å².